The van der Waals surface area contributed by atoms with E-state index in [4.69, 9.17) is 0 Å². The van der Waals surface area contributed by atoms with Crippen molar-refractivity contribution in [2.24, 2.45) is 7.05 Å². The van der Waals surface area contributed by atoms with Crippen molar-refractivity contribution in [1.29, 1.82) is 0 Å². The van der Waals surface area contributed by atoms with Gasteiger partial charge in [0.15, 0.2) is 0 Å². The number of aromatic nitrogens is 2. The van der Waals surface area contributed by atoms with Gasteiger partial charge in [-0.1, -0.05) is 42.5 Å². The van der Waals surface area contributed by atoms with Gasteiger partial charge in [0.1, 0.15) is 17.7 Å². The first-order valence-corrected chi connectivity index (χ1v) is 10.1. The topological polar surface area (TPSA) is 44.5 Å². The molecule has 152 valence electrons. The lowest BCUT2D eigenvalue weighted by Gasteiger charge is -2.37. The van der Waals surface area contributed by atoms with Crippen LogP contribution in [0.4, 0.5) is 10.1 Å². The molecule has 1 unspecified atom stereocenters. The van der Waals surface area contributed by atoms with Gasteiger partial charge in [-0.15, -0.1) is 0 Å². The summed E-state index contributed by atoms with van der Waals surface area (Å²) in [5.41, 5.74) is 2.40. The molecule has 0 aliphatic carbocycles. The highest BCUT2D eigenvalue weighted by atomic mass is 19.1. The molecule has 0 radical (unpaired) electrons. The largest absolute Gasteiger partial charge is 0.380 e. The monoisotopic (exact) mass is 394 g/mol. The normalized spacial score (nSPS) is 16.2. The Bertz CT molecular complexity index is 935. The number of para-hydroxylation sites is 1. The molecule has 2 aromatic carbocycles. The van der Waals surface area contributed by atoms with Gasteiger partial charge in [-0.3, -0.25) is 4.90 Å². The molecule has 0 bridgehead atoms. The summed E-state index contributed by atoms with van der Waals surface area (Å²) in [7, 11) is 1.83. The second-order valence-electron chi connectivity index (χ2n) is 7.54. The van der Waals surface area contributed by atoms with Crippen LogP contribution in [0.25, 0.3) is 0 Å². The predicted molar refractivity (Wildman–Crippen MR) is 112 cm³/mol. The molecule has 1 fully saturated rings. The average Bonchev–Trinajstić information content (AvgIpc) is 3.18. The zero-order valence-corrected chi connectivity index (χ0v) is 16.7. The molecular formula is C23H27FN4O. The van der Waals surface area contributed by atoms with Gasteiger partial charge >= 0.3 is 0 Å². The highest BCUT2D eigenvalue weighted by Crippen LogP contribution is 2.33. The molecule has 1 N–H and O–H groups in total. The molecular weight excluding hydrogens is 367 g/mol. The molecule has 3 aromatic rings. The summed E-state index contributed by atoms with van der Waals surface area (Å²) in [5, 5.41) is 10.9. The van der Waals surface area contributed by atoms with Crippen LogP contribution in [0.1, 0.15) is 23.1 Å². The molecule has 5 nitrogen and oxygen atoms in total. The van der Waals surface area contributed by atoms with Crippen LogP contribution in [0.5, 0.6) is 0 Å². The summed E-state index contributed by atoms with van der Waals surface area (Å²) in [6.07, 6.45) is 3.48. The Morgan fingerprint density at radius 3 is 2.48 bits per heavy atom. The van der Waals surface area contributed by atoms with E-state index in [1.807, 2.05) is 13.1 Å². The summed E-state index contributed by atoms with van der Waals surface area (Å²) >= 11 is 0. The summed E-state index contributed by atoms with van der Waals surface area (Å²) in [6, 6.07) is 15.4. The summed E-state index contributed by atoms with van der Waals surface area (Å²) in [4.78, 5) is 8.70. The number of aryl methyl sites for hydroxylation is 1. The number of rotatable bonds is 6. The van der Waals surface area contributed by atoms with Crippen molar-refractivity contribution in [1.82, 2.24) is 14.5 Å². The van der Waals surface area contributed by atoms with Gasteiger partial charge in [0.25, 0.3) is 0 Å². The highest BCUT2D eigenvalue weighted by Gasteiger charge is 2.26. The van der Waals surface area contributed by atoms with Crippen molar-refractivity contribution in [3.8, 4) is 0 Å². The minimum absolute atomic E-state index is 0.298. The lowest BCUT2D eigenvalue weighted by Crippen LogP contribution is -2.47. The van der Waals surface area contributed by atoms with E-state index in [1.54, 1.807) is 29.1 Å². The summed E-state index contributed by atoms with van der Waals surface area (Å²) < 4.78 is 16.6. The molecule has 1 atom stereocenters. The minimum Gasteiger partial charge on any atom is -0.380 e. The van der Waals surface area contributed by atoms with Crippen molar-refractivity contribution >= 4 is 5.69 Å². The van der Waals surface area contributed by atoms with Gasteiger partial charge in [-0.25, -0.2) is 9.37 Å². The smallest absolute Gasteiger partial charge is 0.146 e. The molecule has 1 saturated heterocycles. The number of benzene rings is 2. The fraction of sp³-hybridized carbons (Fsp3) is 0.348. The molecule has 29 heavy (non-hydrogen) atoms. The van der Waals surface area contributed by atoms with Crippen LogP contribution in [0.2, 0.25) is 0 Å². The van der Waals surface area contributed by atoms with E-state index in [0.29, 0.717) is 17.1 Å². The SMILES string of the molecule is Cn1ccnc1C(O)c1cccc(F)c1N1CCN(CCc2ccccc2)CC1. The predicted octanol–water partition coefficient (Wildman–Crippen LogP) is 3.01. The lowest BCUT2D eigenvalue weighted by atomic mass is 10.0. The van der Waals surface area contributed by atoms with Crippen LogP contribution >= 0.6 is 0 Å². The molecule has 1 aromatic heterocycles. The van der Waals surface area contributed by atoms with E-state index in [0.717, 1.165) is 39.1 Å². The lowest BCUT2D eigenvalue weighted by molar-refractivity contribution is 0.205. The van der Waals surface area contributed by atoms with Crippen LogP contribution in [0.15, 0.2) is 60.9 Å². The molecule has 6 heteroatoms. The second kappa shape index (κ2) is 8.76. The molecule has 4 rings (SSSR count). The number of imidazole rings is 1. The van der Waals surface area contributed by atoms with Gasteiger partial charge < -0.3 is 14.6 Å². The average molecular weight is 394 g/mol. The van der Waals surface area contributed by atoms with Gasteiger partial charge in [-0.2, -0.15) is 0 Å². The Morgan fingerprint density at radius 1 is 1.03 bits per heavy atom. The van der Waals surface area contributed by atoms with E-state index < -0.39 is 6.10 Å². The number of hydrogen-bond acceptors (Lipinski definition) is 4. The van der Waals surface area contributed by atoms with E-state index >= 15 is 0 Å². The zero-order chi connectivity index (χ0) is 20.2. The van der Waals surface area contributed by atoms with E-state index in [-0.39, 0.29) is 5.82 Å². The van der Waals surface area contributed by atoms with Gasteiger partial charge in [0.05, 0.1) is 5.69 Å². The maximum atomic E-state index is 14.8. The fourth-order valence-corrected chi connectivity index (χ4v) is 3.99. The Morgan fingerprint density at radius 2 is 1.79 bits per heavy atom. The zero-order valence-electron chi connectivity index (χ0n) is 16.7. The third kappa shape index (κ3) is 4.33. The van der Waals surface area contributed by atoms with E-state index in [1.165, 1.54) is 11.6 Å². The molecule has 0 amide bonds. The molecule has 1 aliphatic heterocycles. The summed E-state index contributed by atoms with van der Waals surface area (Å²) in [5.74, 6) is 0.215. The highest BCUT2D eigenvalue weighted by molar-refractivity contribution is 5.57. The van der Waals surface area contributed by atoms with E-state index in [2.05, 4.69) is 39.0 Å². The number of nitrogens with zero attached hydrogens (tertiary/aromatic N) is 4. The van der Waals surface area contributed by atoms with Crippen molar-refractivity contribution in [2.45, 2.75) is 12.5 Å². The first kappa shape index (κ1) is 19.6. The van der Waals surface area contributed by atoms with Crippen LogP contribution < -0.4 is 4.90 Å². The van der Waals surface area contributed by atoms with Crippen molar-refractivity contribution < 1.29 is 9.50 Å². The van der Waals surface area contributed by atoms with Gasteiger partial charge in [0, 0.05) is 57.7 Å². The molecule has 0 spiro atoms. The maximum Gasteiger partial charge on any atom is 0.146 e. The van der Waals surface area contributed by atoms with Crippen molar-refractivity contribution in [2.75, 3.05) is 37.6 Å². The fourth-order valence-electron chi connectivity index (χ4n) is 3.99. The first-order valence-electron chi connectivity index (χ1n) is 10.1. The number of aliphatic hydroxyl groups is 1. The number of anilines is 1. The van der Waals surface area contributed by atoms with Crippen LogP contribution in [0, 0.1) is 5.82 Å². The standard InChI is InChI=1S/C23H27FN4O/c1-26-13-11-25-23(26)22(29)19-8-5-9-20(24)21(19)28-16-14-27(15-17-28)12-10-18-6-3-2-4-7-18/h2-9,11,13,22,29H,10,12,14-17H2,1H3. The quantitative estimate of drug-likeness (QED) is 0.698. The molecule has 1 aliphatic rings. The van der Waals surface area contributed by atoms with Crippen molar-refractivity contribution in [3.05, 3.63) is 83.7 Å². The van der Waals surface area contributed by atoms with Crippen molar-refractivity contribution in [3.63, 3.8) is 0 Å². The van der Waals surface area contributed by atoms with Gasteiger partial charge in [-0.05, 0) is 18.1 Å². The Balaban J connectivity index is 1.45. The minimum atomic E-state index is -0.961. The third-order valence-electron chi connectivity index (χ3n) is 5.66. The molecule has 0 saturated carbocycles. The number of piperazine rings is 1. The third-order valence-corrected chi connectivity index (χ3v) is 5.66. The molecule has 2 heterocycles. The Hall–Kier alpha value is -2.70. The second-order valence-corrected chi connectivity index (χ2v) is 7.54. The Kier molecular flexibility index (Phi) is 5.92. The van der Waals surface area contributed by atoms with Crippen LogP contribution in [-0.2, 0) is 13.5 Å². The number of halogens is 1. The van der Waals surface area contributed by atoms with Gasteiger partial charge in [0.2, 0.25) is 0 Å². The number of hydrogen-bond donors (Lipinski definition) is 1. The van der Waals surface area contributed by atoms with Crippen LogP contribution in [-0.4, -0.2) is 52.3 Å². The van der Waals surface area contributed by atoms with E-state index in [9.17, 15) is 9.50 Å². The first-order chi connectivity index (χ1) is 14.1. The Labute approximate surface area is 171 Å². The number of aliphatic hydroxyl groups excluding tert-OH is 1. The summed E-state index contributed by atoms with van der Waals surface area (Å²) in [6.45, 7) is 4.21. The van der Waals surface area contributed by atoms with Crippen LogP contribution in [0.3, 0.4) is 0 Å². The maximum absolute atomic E-state index is 14.8.